The van der Waals surface area contributed by atoms with Gasteiger partial charge in [-0.05, 0) is 39.7 Å². The van der Waals surface area contributed by atoms with Gasteiger partial charge in [-0.1, -0.05) is 6.07 Å². The highest BCUT2D eigenvalue weighted by atomic mass is 16.6. The highest BCUT2D eigenvalue weighted by Gasteiger charge is 2.15. The number of hydrogen-bond acceptors (Lipinski definition) is 5. The van der Waals surface area contributed by atoms with Gasteiger partial charge in [-0.15, -0.1) is 0 Å². The van der Waals surface area contributed by atoms with Crippen LogP contribution < -0.4 is 20.7 Å². The lowest BCUT2D eigenvalue weighted by atomic mass is 10.2. The number of aliphatic imine (C=N–C) groups is 1. The largest absolute Gasteiger partial charge is 0.481 e. The number of amides is 1. The number of ether oxygens (including phenoxy) is 2. The number of pyridine rings is 1. The van der Waals surface area contributed by atoms with Gasteiger partial charge in [0, 0.05) is 31.9 Å². The molecule has 0 radical (unpaired) electrons. The Morgan fingerprint density at radius 1 is 1.19 bits per heavy atom. The van der Waals surface area contributed by atoms with E-state index in [-0.39, 0.29) is 0 Å². The maximum absolute atomic E-state index is 11.6. The van der Waals surface area contributed by atoms with E-state index in [0.29, 0.717) is 25.5 Å². The number of aromatic nitrogens is 1. The molecule has 1 rings (SSSR count). The first-order valence-corrected chi connectivity index (χ1v) is 8.82. The van der Waals surface area contributed by atoms with Gasteiger partial charge in [-0.25, -0.2) is 14.8 Å². The molecule has 0 fully saturated rings. The van der Waals surface area contributed by atoms with E-state index in [2.05, 4.69) is 25.9 Å². The summed E-state index contributed by atoms with van der Waals surface area (Å²) in [5, 5.41) is 9.16. The minimum atomic E-state index is -0.483. The van der Waals surface area contributed by atoms with Gasteiger partial charge in [-0.3, -0.25) is 0 Å². The molecule has 0 aliphatic carbocycles. The number of carbonyl (C=O) groups is 1. The van der Waals surface area contributed by atoms with Crippen molar-refractivity contribution in [3.8, 4) is 5.88 Å². The fraction of sp³-hybridized carbons (Fsp3) is 0.611. The zero-order chi connectivity index (χ0) is 19.4. The van der Waals surface area contributed by atoms with E-state index < -0.39 is 11.7 Å². The summed E-state index contributed by atoms with van der Waals surface area (Å²) in [7, 11) is 1.59. The van der Waals surface area contributed by atoms with Crippen LogP contribution >= 0.6 is 0 Å². The summed E-state index contributed by atoms with van der Waals surface area (Å²) in [5.74, 6) is 1.31. The molecule has 0 saturated heterocycles. The van der Waals surface area contributed by atoms with Gasteiger partial charge >= 0.3 is 6.09 Å². The van der Waals surface area contributed by atoms with Crippen LogP contribution in [0.5, 0.6) is 5.88 Å². The van der Waals surface area contributed by atoms with Crippen LogP contribution in [0, 0.1) is 0 Å². The Morgan fingerprint density at radius 3 is 2.50 bits per heavy atom. The van der Waals surface area contributed by atoms with Crippen LogP contribution in [0.15, 0.2) is 23.3 Å². The second kappa shape index (κ2) is 11.2. The summed E-state index contributed by atoms with van der Waals surface area (Å²) < 4.78 is 10.2. The van der Waals surface area contributed by atoms with Crippen molar-refractivity contribution in [1.82, 2.24) is 20.9 Å². The Labute approximate surface area is 155 Å². The summed E-state index contributed by atoms with van der Waals surface area (Å²) in [6.45, 7) is 10.0. The minimum absolute atomic E-state index is 0.398. The molecule has 1 heterocycles. The maximum Gasteiger partial charge on any atom is 0.407 e. The van der Waals surface area contributed by atoms with Gasteiger partial charge in [-0.2, -0.15) is 0 Å². The van der Waals surface area contributed by atoms with E-state index in [0.717, 1.165) is 24.5 Å². The van der Waals surface area contributed by atoms with Crippen LogP contribution in [0.3, 0.4) is 0 Å². The predicted molar refractivity (Wildman–Crippen MR) is 102 cm³/mol. The first kappa shape index (κ1) is 21.5. The Hall–Kier alpha value is -2.51. The van der Waals surface area contributed by atoms with Gasteiger partial charge in [0.15, 0.2) is 5.96 Å². The van der Waals surface area contributed by atoms with E-state index >= 15 is 0 Å². The van der Waals surface area contributed by atoms with Crippen molar-refractivity contribution in [2.45, 2.75) is 46.3 Å². The second-order valence-electron chi connectivity index (χ2n) is 6.61. The maximum atomic E-state index is 11.6. The number of carbonyl (C=O) groups excluding carboxylic acids is 1. The summed E-state index contributed by atoms with van der Waals surface area (Å²) in [4.78, 5) is 20.2. The lowest BCUT2D eigenvalue weighted by molar-refractivity contribution is 0.0527. The lowest BCUT2D eigenvalue weighted by Crippen LogP contribution is -2.39. The van der Waals surface area contributed by atoms with Crippen LogP contribution in [-0.2, 0) is 11.3 Å². The summed E-state index contributed by atoms with van der Waals surface area (Å²) in [6.07, 6.45) is 2.11. The van der Waals surface area contributed by atoms with E-state index in [4.69, 9.17) is 9.47 Å². The third kappa shape index (κ3) is 9.71. The van der Waals surface area contributed by atoms with Crippen LogP contribution in [0.25, 0.3) is 0 Å². The average Bonchev–Trinajstić information content (AvgIpc) is 2.58. The molecule has 0 bridgehead atoms. The summed E-state index contributed by atoms with van der Waals surface area (Å²) in [5.41, 5.74) is 0.512. The standard InChI is InChI=1S/C18H31N5O3/c1-6-19-16(23-13-14-8-9-15(25-5)22-12-14)20-10-7-11-21-17(24)26-18(2,3)4/h8-9,12H,6-7,10-11,13H2,1-5H3,(H,21,24)(H2,19,20,23). The molecule has 146 valence electrons. The zero-order valence-electron chi connectivity index (χ0n) is 16.4. The predicted octanol–water partition coefficient (Wildman–Crippen LogP) is 2.06. The highest BCUT2D eigenvalue weighted by molar-refractivity contribution is 5.79. The number of methoxy groups -OCH3 is 1. The molecule has 0 atom stereocenters. The Bertz CT molecular complexity index is 567. The van der Waals surface area contributed by atoms with Crippen LogP contribution in [0.1, 0.15) is 39.7 Å². The van der Waals surface area contributed by atoms with Crippen molar-refractivity contribution in [1.29, 1.82) is 0 Å². The van der Waals surface area contributed by atoms with Gasteiger partial charge in [0.1, 0.15) is 5.60 Å². The molecular weight excluding hydrogens is 334 g/mol. The molecule has 8 heteroatoms. The normalized spacial score (nSPS) is 11.7. The third-order valence-electron chi connectivity index (χ3n) is 3.08. The lowest BCUT2D eigenvalue weighted by Gasteiger charge is -2.19. The molecule has 3 N–H and O–H groups in total. The minimum Gasteiger partial charge on any atom is -0.481 e. The molecule has 0 spiro atoms. The molecule has 1 aromatic rings. The number of alkyl carbamates (subject to hydrolysis) is 1. The topological polar surface area (TPSA) is 96.9 Å². The number of rotatable bonds is 8. The molecule has 0 saturated carbocycles. The van der Waals surface area contributed by atoms with E-state index in [1.54, 1.807) is 13.3 Å². The van der Waals surface area contributed by atoms with Crippen molar-refractivity contribution in [3.05, 3.63) is 23.9 Å². The monoisotopic (exact) mass is 365 g/mol. The van der Waals surface area contributed by atoms with Crippen molar-refractivity contribution in [3.63, 3.8) is 0 Å². The summed E-state index contributed by atoms with van der Waals surface area (Å²) >= 11 is 0. The summed E-state index contributed by atoms with van der Waals surface area (Å²) in [6, 6.07) is 3.75. The number of hydrogen-bond donors (Lipinski definition) is 3. The van der Waals surface area contributed by atoms with Gasteiger partial charge in [0.05, 0.1) is 13.7 Å². The number of guanidine groups is 1. The molecule has 1 amide bonds. The molecule has 0 aromatic carbocycles. The van der Waals surface area contributed by atoms with Crippen molar-refractivity contribution in [2.24, 2.45) is 4.99 Å². The van der Waals surface area contributed by atoms with Crippen molar-refractivity contribution < 1.29 is 14.3 Å². The van der Waals surface area contributed by atoms with E-state index in [1.165, 1.54) is 0 Å². The van der Waals surface area contributed by atoms with Crippen molar-refractivity contribution in [2.75, 3.05) is 26.7 Å². The van der Waals surface area contributed by atoms with E-state index in [9.17, 15) is 4.79 Å². The highest BCUT2D eigenvalue weighted by Crippen LogP contribution is 2.07. The quantitative estimate of drug-likeness (QED) is 0.371. The Kier molecular flexibility index (Phi) is 9.25. The van der Waals surface area contributed by atoms with Gasteiger partial charge in [0.2, 0.25) is 5.88 Å². The fourth-order valence-electron chi connectivity index (χ4n) is 1.94. The Balaban J connectivity index is 2.34. The molecule has 1 aromatic heterocycles. The molecule has 26 heavy (non-hydrogen) atoms. The van der Waals surface area contributed by atoms with Gasteiger partial charge < -0.3 is 25.4 Å². The molecular formula is C18H31N5O3. The third-order valence-corrected chi connectivity index (χ3v) is 3.08. The molecule has 0 aliphatic rings. The Morgan fingerprint density at radius 2 is 1.92 bits per heavy atom. The van der Waals surface area contributed by atoms with Crippen LogP contribution in [0.2, 0.25) is 0 Å². The average molecular weight is 365 g/mol. The smallest absolute Gasteiger partial charge is 0.407 e. The fourth-order valence-corrected chi connectivity index (χ4v) is 1.94. The van der Waals surface area contributed by atoms with Crippen molar-refractivity contribution >= 4 is 12.1 Å². The SMILES string of the molecule is CCNC(=NCc1ccc(OC)nc1)NCCCNC(=O)OC(C)(C)C. The van der Waals surface area contributed by atoms with Crippen LogP contribution in [-0.4, -0.2) is 49.4 Å². The second-order valence-corrected chi connectivity index (χ2v) is 6.61. The van der Waals surface area contributed by atoms with Crippen LogP contribution in [0.4, 0.5) is 4.79 Å². The first-order chi connectivity index (χ1) is 12.3. The van der Waals surface area contributed by atoms with Gasteiger partial charge in [0.25, 0.3) is 0 Å². The zero-order valence-corrected chi connectivity index (χ0v) is 16.4. The van der Waals surface area contributed by atoms with E-state index in [1.807, 2.05) is 39.8 Å². The molecule has 0 aliphatic heterocycles. The number of nitrogens with zero attached hydrogens (tertiary/aromatic N) is 2. The number of nitrogens with one attached hydrogen (secondary N) is 3. The molecule has 8 nitrogen and oxygen atoms in total. The first-order valence-electron chi connectivity index (χ1n) is 8.82. The molecule has 0 unspecified atom stereocenters.